The smallest absolute Gasteiger partial charge is 0.344 e. The lowest BCUT2D eigenvalue weighted by Crippen LogP contribution is -2.14. The van der Waals surface area contributed by atoms with Crippen LogP contribution in [0.3, 0.4) is 0 Å². The summed E-state index contributed by atoms with van der Waals surface area (Å²) in [4.78, 5) is 30.2. The zero-order valence-corrected chi connectivity index (χ0v) is 25.0. The van der Waals surface area contributed by atoms with E-state index >= 15 is 0 Å². The number of nitrogens with zero attached hydrogens (tertiary/aromatic N) is 1. The van der Waals surface area contributed by atoms with Crippen molar-refractivity contribution in [3.8, 4) is 11.5 Å². The summed E-state index contributed by atoms with van der Waals surface area (Å²) < 4.78 is 31.5. The zero-order valence-electron chi connectivity index (χ0n) is 22.6. The van der Waals surface area contributed by atoms with Gasteiger partial charge in [-0.05, 0) is 78.2 Å². The van der Waals surface area contributed by atoms with Crippen molar-refractivity contribution in [3.05, 3.63) is 109 Å². The molecule has 0 atom stereocenters. The molecular formula is C31H27BrFNO6S. The highest BCUT2D eigenvalue weighted by Gasteiger charge is 2.34. The molecule has 7 nitrogen and oxygen atoms in total. The summed E-state index contributed by atoms with van der Waals surface area (Å²) in [5, 5.41) is 11.1. The second-order valence-electron chi connectivity index (χ2n) is 8.73. The Balaban J connectivity index is 1.69. The third kappa shape index (κ3) is 7.07. The van der Waals surface area contributed by atoms with Gasteiger partial charge in [0.2, 0.25) is 0 Å². The van der Waals surface area contributed by atoms with Crippen molar-refractivity contribution in [1.29, 1.82) is 0 Å². The van der Waals surface area contributed by atoms with Crippen LogP contribution in [0, 0.1) is 12.7 Å². The Morgan fingerprint density at radius 2 is 1.78 bits per heavy atom. The van der Waals surface area contributed by atoms with E-state index in [0.717, 1.165) is 17.3 Å². The number of esters is 1. The number of hydrogen-bond donors (Lipinski definition) is 1. The Bertz CT molecular complexity index is 1580. The summed E-state index contributed by atoms with van der Waals surface area (Å²) in [7, 11) is 0. The van der Waals surface area contributed by atoms with Gasteiger partial charge in [0.25, 0.3) is 5.91 Å². The number of hydrogen-bond acceptors (Lipinski definition) is 7. The molecule has 0 radical (unpaired) electrons. The van der Waals surface area contributed by atoms with E-state index in [4.69, 9.17) is 14.2 Å². The quantitative estimate of drug-likeness (QED) is 0.241. The number of aliphatic imine (C=N–C) groups is 1. The lowest BCUT2D eigenvalue weighted by Gasteiger charge is -2.15. The average molecular weight is 641 g/mol. The molecule has 3 aromatic carbocycles. The van der Waals surface area contributed by atoms with Gasteiger partial charge in [-0.25, -0.2) is 14.2 Å². The Labute approximate surface area is 249 Å². The minimum atomic E-state index is -0.787. The largest absolute Gasteiger partial charge is 0.506 e. The molecule has 0 aliphatic carbocycles. The molecule has 0 spiro atoms. The molecule has 0 saturated heterocycles. The van der Waals surface area contributed by atoms with E-state index in [2.05, 4.69) is 20.9 Å². The highest BCUT2D eigenvalue weighted by molar-refractivity contribution is 9.10. The van der Waals surface area contributed by atoms with E-state index in [-0.39, 0.29) is 35.4 Å². The number of halogens is 2. The molecule has 41 heavy (non-hydrogen) atoms. The number of rotatable bonds is 9. The maximum Gasteiger partial charge on any atom is 0.344 e. The SMILES string of the molecule is CCOC(=O)C1=C(O)/C(=C/c2cc(Br)c(OCc3ccccc3F)c(OCC)c2)SC1=NC(=O)c1ccccc1C. The normalized spacial score (nSPS) is 15.0. The van der Waals surface area contributed by atoms with Crippen LogP contribution < -0.4 is 9.47 Å². The Kier molecular flexibility index (Phi) is 10.0. The molecule has 1 aliphatic heterocycles. The molecule has 1 amide bonds. The predicted molar refractivity (Wildman–Crippen MR) is 161 cm³/mol. The standard InChI is InChI=1S/C31H27BrFNO6S/c1-4-38-24-15-19(14-22(32)28(24)40-17-20-11-7-9-13-23(20)33)16-25-27(35)26(31(37)39-5-2)30(41-25)34-29(36)21-12-8-6-10-18(21)3/h6-16,35H,4-5,17H2,1-3H3/b25-16-,34-30?. The number of thioether (sulfide) groups is 1. The number of carbonyl (C=O) groups is 2. The minimum absolute atomic E-state index is 0.0111. The minimum Gasteiger partial charge on any atom is -0.506 e. The van der Waals surface area contributed by atoms with Crippen molar-refractivity contribution in [2.45, 2.75) is 27.4 Å². The molecule has 1 N–H and O–H groups in total. The van der Waals surface area contributed by atoms with Gasteiger partial charge < -0.3 is 19.3 Å². The monoisotopic (exact) mass is 639 g/mol. The van der Waals surface area contributed by atoms with Crippen LogP contribution in [-0.4, -0.2) is 35.2 Å². The van der Waals surface area contributed by atoms with Gasteiger partial charge in [-0.1, -0.05) is 48.2 Å². The van der Waals surface area contributed by atoms with E-state index in [1.165, 1.54) is 6.07 Å². The molecule has 0 fully saturated rings. The lowest BCUT2D eigenvalue weighted by molar-refractivity contribution is -0.138. The third-order valence-electron chi connectivity index (χ3n) is 5.91. The summed E-state index contributed by atoms with van der Waals surface area (Å²) >= 11 is 4.49. The van der Waals surface area contributed by atoms with Gasteiger partial charge in [-0.15, -0.1) is 0 Å². The van der Waals surface area contributed by atoms with Gasteiger partial charge in [0.1, 0.15) is 28.8 Å². The highest BCUT2D eigenvalue weighted by Crippen LogP contribution is 2.42. The van der Waals surface area contributed by atoms with Crippen LogP contribution in [0.2, 0.25) is 0 Å². The van der Waals surface area contributed by atoms with Crippen LogP contribution in [0.4, 0.5) is 4.39 Å². The first-order chi connectivity index (χ1) is 19.7. The van der Waals surface area contributed by atoms with Gasteiger partial charge >= 0.3 is 5.97 Å². The van der Waals surface area contributed by atoms with E-state index < -0.39 is 11.9 Å². The van der Waals surface area contributed by atoms with E-state index in [9.17, 15) is 19.1 Å². The number of carbonyl (C=O) groups excluding carboxylic acids is 2. The zero-order chi connectivity index (χ0) is 29.5. The van der Waals surface area contributed by atoms with Crippen molar-refractivity contribution in [3.63, 3.8) is 0 Å². The fraction of sp³-hybridized carbons (Fsp3) is 0.194. The van der Waals surface area contributed by atoms with Crippen LogP contribution in [0.1, 0.15) is 40.9 Å². The molecule has 1 heterocycles. The van der Waals surface area contributed by atoms with Gasteiger partial charge in [0.05, 0.1) is 22.6 Å². The molecule has 1 aliphatic rings. The van der Waals surface area contributed by atoms with Crippen molar-refractivity contribution in [1.82, 2.24) is 0 Å². The van der Waals surface area contributed by atoms with Crippen LogP contribution in [0.25, 0.3) is 6.08 Å². The van der Waals surface area contributed by atoms with Gasteiger partial charge in [-0.2, -0.15) is 0 Å². The number of ether oxygens (including phenoxy) is 3. The Morgan fingerprint density at radius 1 is 1.05 bits per heavy atom. The lowest BCUT2D eigenvalue weighted by atomic mass is 10.1. The van der Waals surface area contributed by atoms with Crippen molar-refractivity contribution in [2.75, 3.05) is 13.2 Å². The van der Waals surface area contributed by atoms with Crippen LogP contribution in [0.15, 0.2) is 86.4 Å². The van der Waals surface area contributed by atoms with E-state index in [0.29, 0.717) is 44.2 Å². The summed E-state index contributed by atoms with van der Waals surface area (Å²) in [5.41, 5.74) is 1.93. The molecule has 3 aromatic rings. The van der Waals surface area contributed by atoms with Crippen LogP contribution >= 0.6 is 27.7 Å². The van der Waals surface area contributed by atoms with E-state index in [1.54, 1.807) is 68.5 Å². The highest BCUT2D eigenvalue weighted by atomic mass is 79.9. The molecule has 4 rings (SSSR count). The predicted octanol–water partition coefficient (Wildman–Crippen LogP) is 7.58. The molecule has 212 valence electrons. The molecule has 0 saturated carbocycles. The van der Waals surface area contributed by atoms with E-state index in [1.807, 2.05) is 13.0 Å². The second-order valence-corrected chi connectivity index (χ2v) is 10.6. The van der Waals surface area contributed by atoms with Crippen molar-refractivity contribution in [2.24, 2.45) is 4.99 Å². The number of aliphatic hydroxyl groups excluding tert-OH is 1. The maximum absolute atomic E-state index is 14.1. The average Bonchev–Trinajstić information content (AvgIpc) is 3.23. The summed E-state index contributed by atoms with van der Waals surface area (Å²) in [6, 6.07) is 16.7. The molecule has 0 bridgehead atoms. The number of aryl methyl sites for hydroxylation is 1. The van der Waals surface area contributed by atoms with Gasteiger partial charge in [-0.3, -0.25) is 4.79 Å². The second kappa shape index (κ2) is 13.6. The number of amides is 1. The fourth-order valence-corrected chi connectivity index (χ4v) is 5.54. The Morgan fingerprint density at radius 3 is 2.49 bits per heavy atom. The fourth-order valence-electron chi connectivity index (χ4n) is 3.95. The summed E-state index contributed by atoms with van der Waals surface area (Å²) in [6.07, 6.45) is 1.63. The first-order valence-electron chi connectivity index (χ1n) is 12.7. The molecular weight excluding hydrogens is 613 g/mol. The molecule has 0 aromatic heterocycles. The van der Waals surface area contributed by atoms with Gasteiger partial charge in [0.15, 0.2) is 11.5 Å². The van der Waals surface area contributed by atoms with Crippen molar-refractivity contribution < 1.29 is 33.3 Å². The molecule has 0 unspecified atom stereocenters. The van der Waals surface area contributed by atoms with Crippen LogP contribution in [0.5, 0.6) is 11.5 Å². The maximum atomic E-state index is 14.1. The first-order valence-corrected chi connectivity index (χ1v) is 14.4. The topological polar surface area (TPSA) is 94.4 Å². The number of aliphatic hydroxyl groups is 1. The van der Waals surface area contributed by atoms with Crippen molar-refractivity contribution >= 4 is 50.7 Å². The Hall–Kier alpha value is -3.89. The third-order valence-corrected chi connectivity index (χ3v) is 7.52. The van der Waals surface area contributed by atoms with Gasteiger partial charge in [0, 0.05) is 11.1 Å². The first kappa shape index (κ1) is 30.1. The number of benzene rings is 3. The van der Waals surface area contributed by atoms with Crippen LogP contribution in [-0.2, 0) is 16.1 Å². The molecule has 10 heteroatoms. The summed E-state index contributed by atoms with van der Waals surface area (Å²) in [5.74, 6) is -1.28. The summed E-state index contributed by atoms with van der Waals surface area (Å²) in [6.45, 7) is 5.66.